The third kappa shape index (κ3) is 3.16. The zero-order chi connectivity index (χ0) is 16.4. The first-order valence-electron chi connectivity index (χ1n) is 7.12. The molecule has 0 saturated carbocycles. The van der Waals surface area contributed by atoms with Crippen molar-refractivity contribution >= 4 is 28.9 Å². The maximum Gasteiger partial charge on any atom is 0.309 e. The second-order valence-electron chi connectivity index (χ2n) is 5.69. The Balaban J connectivity index is 2.24. The maximum absolute atomic E-state index is 11.7. The molecule has 0 amide bonds. The van der Waals surface area contributed by atoms with Crippen LogP contribution in [-0.2, 0) is 9.53 Å². The predicted molar refractivity (Wildman–Crippen MR) is 84.3 cm³/mol. The van der Waals surface area contributed by atoms with Crippen LogP contribution in [0.4, 0.5) is 11.4 Å². The van der Waals surface area contributed by atoms with E-state index in [9.17, 15) is 14.9 Å². The number of non-ortho nitro benzene ring substituents is 1. The Morgan fingerprint density at radius 2 is 2.18 bits per heavy atom. The molecule has 1 aromatic carbocycles. The molecule has 0 N–H and O–H groups in total. The highest BCUT2D eigenvalue weighted by Crippen LogP contribution is 2.37. The molecular formula is C15H19ClN2O4. The minimum Gasteiger partial charge on any atom is -0.469 e. The van der Waals surface area contributed by atoms with Gasteiger partial charge in [-0.2, -0.15) is 0 Å². The number of nitro benzene ring substituents is 1. The zero-order valence-electron chi connectivity index (χ0n) is 12.8. The van der Waals surface area contributed by atoms with Gasteiger partial charge in [0, 0.05) is 25.2 Å². The second-order valence-corrected chi connectivity index (χ2v) is 6.10. The molecule has 1 aliphatic heterocycles. The first-order valence-corrected chi connectivity index (χ1v) is 7.50. The molecular weight excluding hydrogens is 308 g/mol. The number of ether oxygens (including phenoxy) is 1. The Labute approximate surface area is 134 Å². The number of anilines is 1. The number of piperidine rings is 1. The number of methoxy groups -OCH3 is 1. The van der Waals surface area contributed by atoms with Gasteiger partial charge in [-0.15, -0.1) is 0 Å². The minimum atomic E-state index is -0.450. The van der Waals surface area contributed by atoms with E-state index < -0.39 is 4.92 Å². The molecule has 6 nitrogen and oxygen atoms in total. The van der Waals surface area contributed by atoms with E-state index in [0.717, 1.165) is 11.3 Å². The van der Waals surface area contributed by atoms with Gasteiger partial charge in [0.1, 0.15) is 0 Å². The summed E-state index contributed by atoms with van der Waals surface area (Å²) in [5, 5.41) is 11.2. The summed E-state index contributed by atoms with van der Waals surface area (Å²) in [5.74, 6) is -0.163. The van der Waals surface area contributed by atoms with Crippen LogP contribution in [0.25, 0.3) is 0 Å². The van der Waals surface area contributed by atoms with Crippen LogP contribution >= 0.6 is 11.6 Å². The average molecular weight is 327 g/mol. The molecule has 0 bridgehead atoms. The summed E-state index contributed by atoms with van der Waals surface area (Å²) >= 11 is 6.25. The molecule has 1 aromatic rings. The topological polar surface area (TPSA) is 72.7 Å². The molecule has 120 valence electrons. The lowest BCUT2D eigenvalue weighted by molar-refractivity contribution is -0.384. The van der Waals surface area contributed by atoms with Gasteiger partial charge in [-0.25, -0.2) is 0 Å². The van der Waals surface area contributed by atoms with Crippen molar-refractivity contribution in [2.75, 3.05) is 25.1 Å². The van der Waals surface area contributed by atoms with Gasteiger partial charge < -0.3 is 9.64 Å². The largest absolute Gasteiger partial charge is 0.469 e. The molecule has 1 saturated heterocycles. The number of aryl methyl sites for hydroxylation is 1. The van der Waals surface area contributed by atoms with Gasteiger partial charge in [-0.1, -0.05) is 18.5 Å². The van der Waals surface area contributed by atoms with Crippen LogP contribution in [0.5, 0.6) is 0 Å². The smallest absolute Gasteiger partial charge is 0.309 e. The van der Waals surface area contributed by atoms with Gasteiger partial charge in [-0.05, 0) is 24.8 Å². The maximum atomic E-state index is 11.7. The third-order valence-corrected chi connectivity index (χ3v) is 4.46. The van der Waals surface area contributed by atoms with Crippen LogP contribution in [0.1, 0.15) is 18.9 Å². The monoisotopic (exact) mass is 326 g/mol. The number of nitrogens with zero attached hydrogens (tertiary/aromatic N) is 2. The zero-order valence-corrected chi connectivity index (χ0v) is 13.6. The Hall–Kier alpha value is -1.82. The van der Waals surface area contributed by atoms with Crippen molar-refractivity contribution in [2.45, 2.75) is 20.3 Å². The third-order valence-electron chi connectivity index (χ3n) is 4.17. The lowest BCUT2D eigenvalue weighted by Crippen LogP contribution is -2.42. The van der Waals surface area contributed by atoms with E-state index in [0.29, 0.717) is 24.5 Å². The molecule has 1 fully saturated rings. The molecule has 0 aliphatic carbocycles. The minimum absolute atomic E-state index is 0.0104. The Kier molecular flexibility index (Phi) is 4.90. The van der Waals surface area contributed by atoms with Crippen LogP contribution in [0.2, 0.25) is 5.02 Å². The van der Waals surface area contributed by atoms with E-state index in [1.165, 1.54) is 19.2 Å². The van der Waals surface area contributed by atoms with Crippen molar-refractivity contribution in [3.63, 3.8) is 0 Å². The standard InChI is InChI=1S/C15H19ClN2O4/c1-9-6-11(18(20)21)7-13(16)14(9)17-5-4-12(10(2)8-17)15(19)22-3/h6-7,10,12H,4-5,8H2,1-3H3. The number of halogens is 1. The van der Waals surface area contributed by atoms with Crippen molar-refractivity contribution in [1.82, 2.24) is 0 Å². The summed E-state index contributed by atoms with van der Waals surface area (Å²) in [6, 6.07) is 2.90. The fourth-order valence-electron chi connectivity index (χ4n) is 3.07. The molecule has 7 heteroatoms. The van der Waals surface area contributed by atoms with Crippen molar-refractivity contribution in [3.8, 4) is 0 Å². The van der Waals surface area contributed by atoms with E-state index in [-0.39, 0.29) is 23.5 Å². The number of hydrogen-bond donors (Lipinski definition) is 0. The number of carbonyl (C=O) groups excluding carboxylic acids is 1. The normalized spacial score (nSPS) is 21.5. The summed E-state index contributed by atoms with van der Waals surface area (Å²) in [7, 11) is 1.40. The molecule has 2 atom stereocenters. The summed E-state index contributed by atoms with van der Waals surface area (Å²) in [4.78, 5) is 24.2. The number of hydrogen-bond acceptors (Lipinski definition) is 5. The lowest BCUT2D eigenvalue weighted by atomic mass is 9.86. The molecule has 0 radical (unpaired) electrons. The molecule has 22 heavy (non-hydrogen) atoms. The van der Waals surface area contributed by atoms with E-state index in [1.54, 1.807) is 0 Å². The Morgan fingerprint density at radius 3 is 2.68 bits per heavy atom. The molecule has 0 spiro atoms. The summed E-state index contributed by atoms with van der Waals surface area (Å²) in [6.07, 6.45) is 0.681. The highest BCUT2D eigenvalue weighted by atomic mass is 35.5. The molecule has 1 aliphatic rings. The van der Waals surface area contributed by atoms with Crippen molar-refractivity contribution < 1.29 is 14.5 Å². The van der Waals surface area contributed by atoms with Gasteiger partial charge >= 0.3 is 5.97 Å². The highest BCUT2D eigenvalue weighted by molar-refractivity contribution is 6.33. The van der Waals surface area contributed by atoms with Crippen LogP contribution in [0.15, 0.2) is 12.1 Å². The first kappa shape index (κ1) is 16.5. The Morgan fingerprint density at radius 1 is 1.50 bits per heavy atom. The summed E-state index contributed by atoms with van der Waals surface area (Å²) in [5.41, 5.74) is 1.56. The van der Waals surface area contributed by atoms with Gasteiger partial charge in [0.15, 0.2) is 0 Å². The fourth-order valence-corrected chi connectivity index (χ4v) is 3.45. The van der Waals surface area contributed by atoms with Gasteiger partial charge in [0.25, 0.3) is 5.69 Å². The molecule has 0 aromatic heterocycles. The van der Waals surface area contributed by atoms with Gasteiger partial charge in [-0.3, -0.25) is 14.9 Å². The summed E-state index contributed by atoms with van der Waals surface area (Å²) in [6.45, 7) is 5.15. The van der Waals surface area contributed by atoms with Crippen LogP contribution in [-0.4, -0.2) is 31.1 Å². The van der Waals surface area contributed by atoms with Gasteiger partial charge in [0.2, 0.25) is 0 Å². The fraction of sp³-hybridized carbons (Fsp3) is 0.533. The van der Waals surface area contributed by atoms with Crippen molar-refractivity contribution in [1.29, 1.82) is 0 Å². The number of benzene rings is 1. The SMILES string of the molecule is COC(=O)C1CCN(c2c(C)cc([N+](=O)[O-])cc2Cl)CC1C. The van der Waals surface area contributed by atoms with Gasteiger partial charge in [0.05, 0.1) is 28.7 Å². The van der Waals surface area contributed by atoms with E-state index >= 15 is 0 Å². The Bertz CT molecular complexity index is 582. The first-order chi connectivity index (χ1) is 10.3. The second kappa shape index (κ2) is 6.52. The number of nitro groups is 1. The average Bonchev–Trinajstić information content (AvgIpc) is 2.45. The molecule has 1 heterocycles. The number of esters is 1. The van der Waals surface area contributed by atoms with Crippen LogP contribution in [0, 0.1) is 28.9 Å². The van der Waals surface area contributed by atoms with Crippen LogP contribution < -0.4 is 4.90 Å². The number of rotatable bonds is 3. The van der Waals surface area contributed by atoms with Crippen molar-refractivity contribution in [3.05, 3.63) is 32.8 Å². The van der Waals surface area contributed by atoms with E-state index in [2.05, 4.69) is 4.90 Å². The molecule has 2 rings (SSSR count). The molecule has 2 unspecified atom stereocenters. The lowest BCUT2D eigenvalue weighted by Gasteiger charge is -2.38. The van der Waals surface area contributed by atoms with E-state index in [4.69, 9.17) is 16.3 Å². The predicted octanol–water partition coefficient (Wildman–Crippen LogP) is 3.19. The highest BCUT2D eigenvalue weighted by Gasteiger charge is 2.33. The van der Waals surface area contributed by atoms with Crippen LogP contribution in [0.3, 0.4) is 0 Å². The summed E-state index contributed by atoms with van der Waals surface area (Å²) < 4.78 is 4.83. The van der Waals surface area contributed by atoms with E-state index in [1.807, 2.05) is 13.8 Å². The quantitative estimate of drug-likeness (QED) is 0.484. The van der Waals surface area contributed by atoms with Crippen molar-refractivity contribution in [2.24, 2.45) is 11.8 Å². The number of carbonyl (C=O) groups is 1.